The van der Waals surface area contributed by atoms with Gasteiger partial charge in [-0.25, -0.2) is 0 Å². The normalized spacial score (nSPS) is 10.2. The van der Waals surface area contributed by atoms with Gasteiger partial charge in [-0.2, -0.15) is 0 Å². The Morgan fingerprint density at radius 2 is 2.12 bits per heavy atom. The first-order valence-corrected chi connectivity index (χ1v) is 5.21. The molecule has 5 heteroatoms. The molecule has 88 valence electrons. The summed E-state index contributed by atoms with van der Waals surface area (Å²) in [5, 5.41) is 10.1. The SMILES string of the molecule is CC(=O)Oc1ccc(-c2cc(Cl)ccc2O)o1. The van der Waals surface area contributed by atoms with E-state index >= 15 is 0 Å². The topological polar surface area (TPSA) is 59.7 Å². The zero-order valence-corrected chi connectivity index (χ0v) is 9.69. The zero-order valence-electron chi connectivity index (χ0n) is 8.94. The van der Waals surface area contributed by atoms with Crippen LogP contribution >= 0.6 is 11.6 Å². The van der Waals surface area contributed by atoms with Crippen molar-refractivity contribution in [1.82, 2.24) is 0 Å². The van der Waals surface area contributed by atoms with Crippen LogP contribution in [0.3, 0.4) is 0 Å². The standard InChI is InChI=1S/C12H9ClO4/c1-7(14)16-12-5-4-11(17-12)9-6-8(13)2-3-10(9)15/h2-6,15H,1H3. The Bertz CT molecular complexity index is 559. The Labute approximate surface area is 102 Å². The van der Waals surface area contributed by atoms with E-state index in [1.807, 2.05) is 0 Å². The van der Waals surface area contributed by atoms with Gasteiger partial charge < -0.3 is 14.3 Å². The monoisotopic (exact) mass is 252 g/mol. The van der Waals surface area contributed by atoms with Gasteiger partial charge in [0, 0.05) is 18.0 Å². The van der Waals surface area contributed by atoms with E-state index in [1.54, 1.807) is 18.2 Å². The van der Waals surface area contributed by atoms with Gasteiger partial charge in [0.05, 0.1) is 5.56 Å². The van der Waals surface area contributed by atoms with E-state index < -0.39 is 5.97 Å². The van der Waals surface area contributed by atoms with Crippen LogP contribution in [0.25, 0.3) is 11.3 Å². The first kappa shape index (κ1) is 11.5. The van der Waals surface area contributed by atoms with E-state index in [1.165, 1.54) is 19.1 Å². The average Bonchev–Trinajstić information content (AvgIpc) is 2.69. The minimum atomic E-state index is -0.471. The van der Waals surface area contributed by atoms with Crippen LogP contribution in [0.4, 0.5) is 0 Å². The number of hydrogen-bond acceptors (Lipinski definition) is 4. The molecule has 0 aliphatic heterocycles. The zero-order chi connectivity index (χ0) is 12.4. The van der Waals surface area contributed by atoms with Crippen LogP contribution in [0, 0.1) is 0 Å². The summed E-state index contributed by atoms with van der Waals surface area (Å²) in [6.07, 6.45) is 0. The number of aromatic hydroxyl groups is 1. The van der Waals surface area contributed by atoms with Gasteiger partial charge in [-0.15, -0.1) is 0 Å². The molecule has 1 N–H and O–H groups in total. The second kappa shape index (κ2) is 4.51. The summed E-state index contributed by atoms with van der Waals surface area (Å²) in [4.78, 5) is 10.7. The third-order valence-electron chi connectivity index (χ3n) is 2.05. The van der Waals surface area contributed by atoms with E-state index in [2.05, 4.69) is 0 Å². The van der Waals surface area contributed by atoms with Crippen molar-refractivity contribution in [2.45, 2.75) is 6.92 Å². The van der Waals surface area contributed by atoms with Crippen LogP contribution in [-0.4, -0.2) is 11.1 Å². The molecule has 0 radical (unpaired) electrons. The van der Waals surface area contributed by atoms with Gasteiger partial charge in [0.2, 0.25) is 0 Å². The van der Waals surface area contributed by atoms with Gasteiger partial charge in [0.15, 0.2) is 0 Å². The second-order valence-electron chi connectivity index (χ2n) is 3.37. The maximum Gasteiger partial charge on any atom is 0.310 e. The third kappa shape index (κ3) is 2.60. The molecule has 0 saturated heterocycles. The molecule has 0 bridgehead atoms. The van der Waals surface area contributed by atoms with Crippen LogP contribution in [0.5, 0.6) is 11.7 Å². The molecule has 17 heavy (non-hydrogen) atoms. The smallest absolute Gasteiger partial charge is 0.310 e. The molecule has 0 aliphatic rings. The molecule has 4 nitrogen and oxygen atoms in total. The molecule has 1 aromatic carbocycles. The minimum absolute atomic E-state index is 0.0399. The number of esters is 1. The van der Waals surface area contributed by atoms with Crippen molar-refractivity contribution in [3.8, 4) is 23.0 Å². The maximum absolute atomic E-state index is 10.7. The lowest BCUT2D eigenvalue weighted by atomic mass is 10.1. The molecule has 1 aromatic heterocycles. The number of halogens is 1. The number of carbonyl (C=O) groups excluding carboxylic acids is 1. The number of phenolic OH excluding ortho intramolecular Hbond substituents is 1. The first-order chi connectivity index (χ1) is 8.06. The Morgan fingerprint density at radius 1 is 1.35 bits per heavy atom. The average molecular weight is 253 g/mol. The van der Waals surface area contributed by atoms with Crippen LogP contribution in [0.2, 0.25) is 5.02 Å². The summed E-state index contributed by atoms with van der Waals surface area (Å²) in [7, 11) is 0. The first-order valence-electron chi connectivity index (χ1n) is 4.83. The molecule has 2 aromatic rings. The van der Waals surface area contributed by atoms with E-state index in [9.17, 15) is 9.90 Å². The van der Waals surface area contributed by atoms with Crippen LogP contribution in [0.1, 0.15) is 6.92 Å². The van der Waals surface area contributed by atoms with Gasteiger partial charge in [-0.05, 0) is 24.3 Å². The lowest BCUT2D eigenvalue weighted by molar-refractivity contribution is -0.133. The molecule has 0 fully saturated rings. The number of carbonyl (C=O) groups is 1. The highest BCUT2D eigenvalue weighted by atomic mass is 35.5. The number of furan rings is 1. The molecule has 1 heterocycles. The molecule has 0 unspecified atom stereocenters. The third-order valence-corrected chi connectivity index (χ3v) is 2.28. The summed E-state index contributed by atoms with van der Waals surface area (Å²) < 4.78 is 10.0. The Balaban J connectivity index is 2.36. The number of ether oxygens (including phenoxy) is 1. The summed E-state index contributed by atoms with van der Waals surface area (Å²) in [6.45, 7) is 1.28. The van der Waals surface area contributed by atoms with E-state index in [-0.39, 0.29) is 11.7 Å². The highest BCUT2D eigenvalue weighted by Crippen LogP contribution is 2.34. The maximum atomic E-state index is 10.7. The van der Waals surface area contributed by atoms with Crippen molar-refractivity contribution in [2.75, 3.05) is 0 Å². The van der Waals surface area contributed by atoms with Gasteiger partial charge in [0.1, 0.15) is 11.5 Å². The van der Waals surface area contributed by atoms with Crippen molar-refractivity contribution in [3.63, 3.8) is 0 Å². The van der Waals surface area contributed by atoms with Gasteiger partial charge in [0.25, 0.3) is 5.95 Å². The Kier molecular flexibility index (Phi) is 3.06. The molecule has 0 aliphatic carbocycles. The number of phenols is 1. The lowest BCUT2D eigenvalue weighted by Crippen LogP contribution is -1.99. The van der Waals surface area contributed by atoms with Crippen molar-refractivity contribution in [2.24, 2.45) is 0 Å². The number of hydrogen-bond donors (Lipinski definition) is 1. The molecule has 2 rings (SSSR count). The fraction of sp³-hybridized carbons (Fsp3) is 0.0833. The number of rotatable bonds is 2. The van der Waals surface area contributed by atoms with Crippen molar-refractivity contribution >= 4 is 17.6 Å². The second-order valence-corrected chi connectivity index (χ2v) is 3.81. The quantitative estimate of drug-likeness (QED) is 0.834. The molecule has 0 amide bonds. The molecule has 0 saturated carbocycles. The van der Waals surface area contributed by atoms with Crippen molar-refractivity contribution < 1.29 is 19.1 Å². The fourth-order valence-corrected chi connectivity index (χ4v) is 1.54. The summed E-state index contributed by atoms with van der Waals surface area (Å²) in [5.41, 5.74) is 0.441. The van der Waals surface area contributed by atoms with E-state index in [0.29, 0.717) is 16.3 Å². The minimum Gasteiger partial charge on any atom is -0.507 e. The van der Waals surface area contributed by atoms with E-state index in [0.717, 1.165) is 0 Å². The van der Waals surface area contributed by atoms with Gasteiger partial charge >= 0.3 is 5.97 Å². The predicted molar refractivity (Wildman–Crippen MR) is 62.1 cm³/mol. The summed E-state index contributed by atoms with van der Waals surface area (Å²) in [6, 6.07) is 7.68. The highest BCUT2D eigenvalue weighted by Gasteiger charge is 2.11. The van der Waals surface area contributed by atoms with Gasteiger partial charge in [-0.3, -0.25) is 4.79 Å². The van der Waals surface area contributed by atoms with Crippen LogP contribution < -0.4 is 4.74 Å². The number of benzene rings is 1. The fourth-order valence-electron chi connectivity index (χ4n) is 1.37. The van der Waals surface area contributed by atoms with Crippen molar-refractivity contribution in [1.29, 1.82) is 0 Å². The van der Waals surface area contributed by atoms with Crippen LogP contribution in [-0.2, 0) is 4.79 Å². The molecular formula is C12H9ClO4. The Morgan fingerprint density at radius 3 is 2.82 bits per heavy atom. The Hall–Kier alpha value is -1.94. The summed E-state index contributed by atoms with van der Waals surface area (Å²) >= 11 is 5.82. The predicted octanol–water partition coefficient (Wildman–Crippen LogP) is 3.23. The van der Waals surface area contributed by atoms with Gasteiger partial charge in [-0.1, -0.05) is 11.6 Å². The molecule has 0 spiro atoms. The van der Waals surface area contributed by atoms with E-state index in [4.69, 9.17) is 20.8 Å². The molecular weight excluding hydrogens is 244 g/mol. The van der Waals surface area contributed by atoms with Crippen molar-refractivity contribution in [3.05, 3.63) is 35.4 Å². The van der Waals surface area contributed by atoms with Crippen LogP contribution in [0.15, 0.2) is 34.7 Å². The summed E-state index contributed by atoms with van der Waals surface area (Å²) in [5.74, 6) is 0.0208. The highest BCUT2D eigenvalue weighted by molar-refractivity contribution is 6.30. The molecule has 0 atom stereocenters. The largest absolute Gasteiger partial charge is 0.507 e. The lowest BCUT2D eigenvalue weighted by Gasteiger charge is -2.01.